The number of ether oxygens (including phenoxy) is 3. The van der Waals surface area contributed by atoms with Gasteiger partial charge in [-0.05, 0) is 36.6 Å². The van der Waals surface area contributed by atoms with Gasteiger partial charge < -0.3 is 24.4 Å². The highest BCUT2D eigenvalue weighted by molar-refractivity contribution is 6.42. The standard InChI is InChI=1S/C25H30Cl2N4O3/c1-16(2)12-31-7-4-8-33-18(13-31)14-34-24-11-22-19(10-23(24)32-3)25(29-15-28-22)30-17-5-6-20(26)21(27)9-17/h5-6,9-11,15-16,18H,4,7-8,12-14H2,1-3H3,(H,28,29,30). The Balaban J connectivity index is 1.53. The van der Waals surface area contributed by atoms with Crippen molar-refractivity contribution in [3.05, 3.63) is 46.7 Å². The first-order chi connectivity index (χ1) is 16.4. The van der Waals surface area contributed by atoms with Crippen LogP contribution >= 0.6 is 23.2 Å². The highest BCUT2D eigenvalue weighted by Crippen LogP contribution is 2.35. The molecule has 1 fully saturated rings. The molecule has 1 saturated heterocycles. The topological polar surface area (TPSA) is 68.7 Å². The zero-order valence-electron chi connectivity index (χ0n) is 19.7. The van der Waals surface area contributed by atoms with Crippen LogP contribution in [0.2, 0.25) is 10.0 Å². The molecule has 1 aliphatic heterocycles. The molecule has 2 aromatic carbocycles. The van der Waals surface area contributed by atoms with Crippen LogP contribution in [0.1, 0.15) is 20.3 Å². The minimum Gasteiger partial charge on any atom is -0.493 e. The Morgan fingerprint density at radius 3 is 2.76 bits per heavy atom. The molecule has 0 radical (unpaired) electrons. The lowest BCUT2D eigenvalue weighted by Gasteiger charge is -2.25. The van der Waals surface area contributed by atoms with E-state index < -0.39 is 0 Å². The summed E-state index contributed by atoms with van der Waals surface area (Å²) >= 11 is 12.2. The minimum absolute atomic E-state index is 0.000988. The Bertz CT molecular complexity index is 1130. The summed E-state index contributed by atoms with van der Waals surface area (Å²) in [5.74, 6) is 2.47. The Labute approximate surface area is 210 Å². The second kappa shape index (κ2) is 11.4. The molecule has 0 saturated carbocycles. The van der Waals surface area contributed by atoms with E-state index in [2.05, 4.69) is 34.0 Å². The van der Waals surface area contributed by atoms with Crippen LogP contribution in [0.15, 0.2) is 36.7 Å². The van der Waals surface area contributed by atoms with E-state index in [4.69, 9.17) is 37.4 Å². The SMILES string of the molecule is COc1cc2c(Nc3ccc(Cl)c(Cl)c3)ncnc2cc1OCC1CN(CC(C)C)CCCO1. The first-order valence-electron chi connectivity index (χ1n) is 11.4. The Morgan fingerprint density at radius 1 is 1.15 bits per heavy atom. The molecule has 1 unspecified atom stereocenters. The highest BCUT2D eigenvalue weighted by Gasteiger charge is 2.21. The summed E-state index contributed by atoms with van der Waals surface area (Å²) in [6, 6.07) is 9.08. The van der Waals surface area contributed by atoms with Crippen molar-refractivity contribution in [2.45, 2.75) is 26.4 Å². The molecule has 2 heterocycles. The molecule has 1 aliphatic rings. The van der Waals surface area contributed by atoms with Crippen molar-refractivity contribution in [3.8, 4) is 11.5 Å². The van der Waals surface area contributed by atoms with Gasteiger partial charge in [-0.1, -0.05) is 37.0 Å². The zero-order chi connectivity index (χ0) is 24.1. The molecular formula is C25H30Cl2N4O3. The number of halogens is 2. The normalized spacial score (nSPS) is 17.1. The molecule has 0 bridgehead atoms. The minimum atomic E-state index is -0.000988. The van der Waals surface area contributed by atoms with Crippen molar-refractivity contribution in [3.63, 3.8) is 0 Å². The van der Waals surface area contributed by atoms with Crippen molar-refractivity contribution < 1.29 is 14.2 Å². The third kappa shape index (κ3) is 6.21. The summed E-state index contributed by atoms with van der Waals surface area (Å²) in [7, 11) is 1.62. The maximum Gasteiger partial charge on any atom is 0.163 e. The van der Waals surface area contributed by atoms with Gasteiger partial charge in [0.2, 0.25) is 0 Å². The van der Waals surface area contributed by atoms with Gasteiger partial charge in [0.05, 0.1) is 22.7 Å². The summed E-state index contributed by atoms with van der Waals surface area (Å²) in [4.78, 5) is 11.3. The van der Waals surface area contributed by atoms with E-state index in [9.17, 15) is 0 Å². The summed E-state index contributed by atoms with van der Waals surface area (Å²) in [6.07, 6.45) is 2.55. The number of rotatable bonds is 8. The van der Waals surface area contributed by atoms with Gasteiger partial charge in [-0.3, -0.25) is 0 Å². The van der Waals surface area contributed by atoms with Crippen molar-refractivity contribution in [2.24, 2.45) is 5.92 Å². The van der Waals surface area contributed by atoms with Crippen LogP contribution in [0.25, 0.3) is 10.9 Å². The molecule has 3 aromatic rings. The predicted octanol–water partition coefficient (Wildman–Crippen LogP) is 5.81. The lowest BCUT2D eigenvalue weighted by Crippen LogP contribution is -2.37. The van der Waals surface area contributed by atoms with Crippen LogP contribution in [0.3, 0.4) is 0 Å². The van der Waals surface area contributed by atoms with Gasteiger partial charge in [-0.25, -0.2) is 9.97 Å². The van der Waals surface area contributed by atoms with Gasteiger partial charge in [-0.2, -0.15) is 0 Å². The molecule has 0 aliphatic carbocycles. The Morgan fingerprint density at radius 2 is 2.00 bits per heavy atom. The van der Waals surface area contributed by atoms with E-state index in [1.54, 1.807) is 19.2 Å². The van der Waals surface area contributed by atoms with Crippen molar-refractivity contribution in [2.75, 3.05) is 45.3 Å². The van der Waals surface area contributed by atoms with Crippen LogP contribution in [0, 0.1) is 5.92 Å². The van der Waals surface area contributed by atoms with E-state index in [0.29, 0.717) is 39.9 Å². The molecule has 34 heavy (non-hydrogen) atoms. The van der Waals surface area contributed by atoms with E-state index in [1.807, 2.05) is 18.2 Å². The number of fused-ring (bicyclic) bond motifs is 1. The number of hydrogen-bond donors (Lipinski definition) is 1. The van der Waals surface area contributed by atoms with E-state index in [1.165, 1.54) is 6.33 Å². The van der Waals surface area contributed by atoms with Crippen molar-refractivity contribution in [1.29, 1.82) is 0 Å². The molecule has 0 amide bonds. The molecule has 1 N–H and O–H groups in total. The lowest BCUT2D eigenvalue weighted by atomic mass is 10.2. The number of anilines is 2. The monoisotopic (exact) mass is 504 g/mol. The summed E-state index contributed by atoms with van der Waals surface area (Å²) in [5.41, 5.74) is 1.50. The van der Waals surface area contributed by atoms with Crippen molar-refractivity contribution >= 4 is 45.6 Å². The fourth-order valence-corrected chi connectivity index (χ4v) is 4.38. The van der Waals surface area contributed by atoms with E-state index in [-0.39, 0.29) is 6.10 Å². The average Bonchev–Trinajstić information content (AvgIpc) is 3.04. The molecular weight excluding hydrogens is 475 g/mol. The molecule has 1 atom stereocenters. The predicted molar refractivity (Wildman–Crippen MR) is 137 cm³/mol. The fraction of sp³-hybridized carbons (Fsp3) is 0.440. The zero-order valence-corrected chi connectivity index (χ0v) is 21.2. The van der Waals surface area contributed by atoms with Crippen LogP contribution < -0.4 is 14.8 Å². The van der Waals surface area contributed by atoms with Crippen LogP contribution in [-0.4, -0.2) is 60.9 Å². The maximum absolute atomic E-state index is 6.18. The molecule has 4 rings (SSSR count). The van der Waals surface area contributed by atoms with Gasteiger partial charge >= 0.3 is 0 Å². The number of benzene rings is 2. The van der Waals surface area contributed by atoms with E-state index >= 15 is 0 Å². The van der Waals surface area contributed by atoms with E-state index in [0.717, 1.165) is 49.3 Å². The molecule has 7 nitrogen and oxygen atoms in total. The number of methoxy groups -OCH3 is 1. The molecule has 182 valence electrons. The number of aromatic nitrogens is 2. The molecule has 1 aromatic heterocycles. The summed E-state index contributed by atoms with van der Waals surface area (Å²) in [6.45, 7) is 8.63. The average molecular weight is 505 g/mol. The second-order valence-corrected chi connectivity index (χ2v) is 9.62. The van der Waals surface area contributed by atoms with Crippen molar-refractivity contribution in [1.82, 2.24) is 14.9 Å². The number of nitrogens with zero attached hydrogens (tertiary/aromatic N) is 3. The van der Waals surface area contributed by atoms with Gasteiger partial charge in [0.1, 0.15) is 24.9 Å². The van der Waals surface area contributed by atoms with Crippen LogP contribution in [0.4, 0.5) is 11.5 Å². The second-order valence-electron chi connectivity index (χ2n) is 8.81. The van der Waals surface area contributed by atoms with Gasteiger partial charge in [-0.15, -0.1) is 0 Å². The first kappa shape index (κ1) is 24.8. The summed E-state index contributed by atoms with van der Waals surface area (Å²) in [5, 5.41) is 5.04. The van der Waals surface area contributed by atoms with Crippen LogP contribution in [-0.2, 0) is 4.74 Å². The number of hydrogen-bond acceptors (Lipinski definition) is 7. The highest BCUT2D eigenvalue weighted by atomic mass is 35.5. The molecule has 9 heteroatoms. The third-order valence-electron chi connectivity index (χ3n) is 5.59. The maximum atomic E-state index is 6.18. The number of nitrogens with one attached hydrogen (secondary N) is 1. The first-order valence-corrected chi connectivity index (χ1v) is 12.2. The van der Waals surface area contributed by atoms with Gasteiger partial charge in [0.25, 0.3) is 0 Å². The largest absolute Gasteiger partial charge is 0.493 e. The fourth-order valence-electron chi connectivity index (χ4n) is 4.08. The van der Waals surface area contributed by atoms with Gasteiger partial charge in [0, 0.05) is 43.4 Å². The molecule has 0 spiro atoms. The Kier molecular flexibility index (Phi) is 8.32. The van der Waals surface area contributed by atoms with Crippen LogP contribution in [0.5, 0.6) is 11.5 Å². The lowest BCUT2D eigenvalue weighted by molar-refractivity contribution is 0.0193. The smallest absolute Gasteiger partial charge is 0.163 e. The summed E-state index contributed by atoms with van der Waals surface area (Å²) < 4.78 is 17.9. The quantitative estimate of drug-likeness (QED) is 0.414. The third-order valence-corrected chi connectivity index (χ3v) is 6.32. The van der Waals surface area contributed by atoms with Gasteiger partial charge in [0.15, 0.2) is 11.5 Å². The Hall–Kier alpha value is -2.32.